The molecule has 4 N–H and O–H groups in total. The van der Waals surface area contributed by atoms with Gasteiger partial charge in [0.1, 0.15) is 17.7 Å². The molecule has 2 rings (SSSR count). The lowest BCUT2D eigenvalue weighted by molar-refractivity contribution is -0.121. The van der Waals surface area contributed by atoms with Gasteiger partial charge in [0.05, 0.1) is 0 Å². The maximum Gasteiger partial charge on any atom is 0.241 e. The highest BCUT2D eigenvalue weighted by atomic mass is 16.2. The molecular weight excluding hydrogens is 254 g/mol. The number of hydrogen-bond acceptors (Lipinski definition) is 5. The number of carbonyl (C=O) groups excluding carboxylic acids is 1. The molecule has 1 aromatic carbocycles. The van der Waals surface area contributed by atoms with E-state index in [9.17, 15) is 4.79 Å². The molecule has 1 atom stereocenters. The largest absolute Gasteiger partial charge is 0.384 e. The Morgan fingerprint density at radius 2 is 1.95 bits per heavy atom. The number of hydrogen-bond donors (Lipinski definition) is 3. The van der Waals surface area contributed by atoms with E-state index in [1.165, 1.54) is 0 Å². The molecule has 6 heteroatoms. The van der Waals surface area contributed by atoms with Crippen LogP contribution >= 0.6 is 0 Å². The summed E-state index contributed by atoms with van der Waals surface area (Å²) < 4.78 is 0. The van der Waals surface area contributed by atoms with Gasteiger partial charge in [0.2, 0.25) is 5.91 Å². The van der Waals surface area contributed by atoms with Gasteiger partial charge in [-0.1, -0.05) is 30.3 Å². The fraction of sp³-hybridized carbons (Fsp3) is 0.214. The number of likely N-dealkylation sites (N-methyl/N-ethyl adjacent to an activating group) is 1. The van der Waals surface area contributed by atoms with E-state index in [2.05, 4.69) is 20.6 Å². The zero-order chi connectivity index (χ0) is 14.5. The van der Waals surface area contributed by atoms with Gasteiger partial charge in [-0.3, -0.25) is 4.79 Å². The first kappa shape index (κ1) is 13.8. The monoisotopic (exact) mass is 271 g/mol. The number of nitrogens with two attached hydrogens (primary N) is 1. The van der Waals surface area contributed by atoms with Crippen LogP contribution in [0.15, 0.2) is 36.4 Å². The summed E-state index contributed by atoms with van der Waals surface area (Å²) in [6, 6.07) is 10.7. The number of nitrogens with zero attached hydrogens (tertiary/aromatic N) is 2. The summed E-state index contributed by atoms with van der Waals surface area (Å²) in [5, 5.41) is 5.57. The molecule has 0 saturated carbocycles. The van der Waals surface area contributed by atoms with Crippen molar-refractivity contribution < 1.29 is 4.79 Å². The number of anilines is 2. The molecular formula is C14H17N5O. The second-order valence-corrected chi connectivity index (χ2v) is 4.35. The van der Waals surface area contributed by atoms with Crippen LogP contribution in [0.2, 0.25) is 0 Å². The number of carbonyl (C=O) groups is 1. The molecule has 6 nitrogen and oxygen atoms in total. The molecule has 1 aromatic heterocycles. The van der Waals surface area contributed by atoms with E-state index in [1.54, 1.807) is 20.0 Å². The molecule has 20 heavy (non-hydrogen) atoms. The van der Waals surface area contributed by atoms with Gasteiger partial charge in [-0.2, -0.15) is 0 Å². The van der Waals surface area contributed by atoms with Crippen LogP contribution in [0.25, 0.3) is 11.4 Å². The van der Waals surface area contributed by atoms with E-state index in [0.717, 1.165) is 5.56 Å². The lowest BCUT2D eigenvalue weighted by atomic mass is 10.2. The fourth-order valence-electron chi connectivity index (χ4n) is 1.76. The molecule has 0 aliphatic carbocycles. The third-order valence-electron chi connectivity index (χ3n) is 2.78. The maximum atomic E-state index is 11.5. The lowest BCUT2D eigenvalue weighted by Crippen LogP contribution is -2.35. The highest BCUT2D eigenvalue weighted by Gasteiger charge is 2.12. The van der Waals surface area contributed by atoms with Gasteiger partial charge in [-0.15, -0.1) is 0 Å². The summed E-state index contributed by atoms with van der Waals surface area (Å²) in [6.45, 7) is 1.75. The fourth-order valence-corrected chi connectivity index (χ4v) is 1.76. The molecule has 104 valence electrons. The first-order chi connectivity index (χ1) is 9.60. The molecule has 0 spiro atoms. The van der Waals surface area contributed by atoms with Crippen molar-refractivity contribution in [1.82, 2.24) is 15.3 Å². The van der Waals surface area contributed by atoms with E-state index in [-0.39, 0.29) is 5.91 Å². The number of aromatic nitrogens is 2. The Balaban J connectivity index is 2.28. The van der Waals surface area contributed by atoms with Crippen LogP contribution in [0.1, 0.15) is 6.92 Å². The smallest absolute Gasteiger partial charge is 0.241 e. The topological polar surface area (TPSA) is 92.9 Å². The van der Waals surface area contributed by atoms with Gasteiger partial charge in [0, 0.05) is 18.7 Å². The summed E-state index contributed by atoms with van der Waals surface area (Å²) >= 11 is 0. The molecule has 0 aliphatic heterocycles. The Bertz CT molecular complexity index is 600. The number of rotatable bonds is 4. The second kappa shape index (κ2) is 6.01. The van der Waals surface area contributed by atoms with E-state index in [1.807, 2.05) is 30.3 Å². The number of nitrogen functional groups attached to an aromatic ring is 1. The molecule has 0 fully saturated rings. The maximum absolute atomic E-state index is 11.5. The minimum absolute atomic E-state index is 0.122. The van der Waals surface area contributed by atoms with Crippen LogP contribution in [0.4, 0.5) is 11.6 Å². The van der Waals surface area contributed by atoms with Gasteiger partial charge in [0.25, 0.3) is 0 Å². The predicted octanol–water partition coefficient (Wildman–Crippen LogP) is 1.27. The van der Waals surface area contributed by atoms with Crippen LogP contribution in [-0.2, 0) is 4.79 Å². The van der Waals surface area contributed by atoms with Crippen molar-refractivity contribution in [3.63, 3.8) is 0 Å². The minimum Gasteiger partial charge on any atom is -0.384 e. The van der Waals surface area contributed by atoms with E-state index in [4.69, 9.17) is 5.73 Å². The van der Waals surface area contributed by atoms with Crippen molar-refractivity contribution in [3.8, 4) is 11.4 Å². The molecule has 1 amide bonds. The Morgan fingerprint density at radius 1 is 1.25 bits per heavy atom. The predicted molar refractivity (Wildman–Crippen MR) is 79.0 cm³/mol. The summed E-state index contributed by atoms with van der Waals surface area (Å²) in [4.78, 5) is 20.1. The third kappa shape index (κ3) is 3.23. The highest BCUT2D eigenvalue weighted by molar-refractivity contribution is 5.83. The molecule has 0 bridgehead atoms. The Morgan fingerprint density at radius 3 is 2.60 bits per heavy atom. The average molecular weight is 271 g/mol. The third-order valence-corrected chi connectivity index (χ3v) is 2.78. The van der Waals surface area contributed by atoms with Gasteiger partial charge in [-0.05, 0) is 6.92 Å². The molecule has 1 unspecified atom stereocenters. The van der Waals surface area contributed by atoms with Gasteiger partial charge >= 0.3 is 0 Å². The molecule has 1 heterocycles. The number of nitrogens with one attached hydrogen (secondary N) is 2. The van der Waals surface area contributed by atoms with Crippen molar-refractivity contribution in [2.75, 3.05) is 18.1 Å². The van der Waals surface area contributed by atoms with Crippen LogP contribution in [0.3, 0.4) is 0 Å². The average Bonchev–Trinajstić information content (AvgIpc) is 2.46. The normalized spacial score (nSPS) is 11.7. The molecule has 0 aliphatic rings. The summed E-state index contributed by atoms with van der Waals surface area (Å²) in [5.74, 6) is 1.28. The summed E-state index contributed by atoms with van der Waals surface area (Å²) in [5.41, 5.74) is 6.66. The molecule has 0 radical (unpaired) electrons. The van der Waals surface area contributed by atoms with E-state index < -0.39 is 6.04 Å². The summed E-state index contributed by atoms with van der Waals surface area (Å²) in [6.07, 6.45) is 0. The SMILES string of the molecule is CNC(=O)C(C)Nc1cc(N)nc(-c2ccccc2)n1. The Kier molecular flexibility index (Phi) is 4.14. The van der Waals surface area contributed by atoms with Crippen molar-refractivity contribution in [1.29, 1.82) is 0 Å². The van der Waals surface area contributed by atoms with Crippen LogP contribution < -0.4 is 16.4 Å². The second-order valence-electron chi connectivity index (χ2n) is 4.35. The van der Waals surface area contributed by atoms with Gasteiger partial charge in [0.15, 0.2) is 5.82 Å². The first-order valence-electron chi connectivity index (χ1n) is 6.28. The van der Waals surface area contributed by atoms with E-state index in [0.29, 0.717) is 17.5 Å². The Labute approximate surface area is 117 Å². The quantitative estimate of drug-likeness (QED) is 0.778. The minimum atomic E-state index is -0.405. The van der Waals surface area contributed by atoms with Crippen LogP contribution in [-0.4, -0.2) is 29.0 Å². The molecule has 0 saturated heterocycles. The molecule has 2 aromatic rings. The standard InChI is InChI=1S/C14H17N5O/c1-9(14(20)16-2)17-12-8-11(15)18-13(19-12)10-6-4-3-5-7-10/h3-9H,1-2H3,(H,16,20)(H3,15,17,18,19). The lowest BCUT2D eigenvalue weighted by Gasteiger charge is -2.14. The first-order valence-corrected chi connectivity index (χ1v) is 6.28. The Hall–Kier alpha value is -2.63. The van der Waals surface area contributed by atoms with Gasteiger partial charge in [-0.25, -0.2) is 9.97 Å². The number of amides is 1. The van der Waals surface area contributed by atoms with Gasteiger partial charge < -0.3 is 16.4 Å². The van der Waals surface area contributed by atoms with Crippen molar-refractivity contribution in [2.24, 2.45) is 0 Å². The highest BCUT2D eigenvalue weighted by Crippen LogP contribution is 2.18. The van der Waals surface area contributed by atoms with Crippen molar-refractivity contribution in [3.05, 3.63) is 36.4 Å². The zero-order valence-corrected chi connectivity index (χ0v) is 11.4. The number of benzene rings is 1. The van der Waals surface area contributed by atoms with Crippen molar-refractivity contribution >= 4 is 17.5 Å². The van der Waals surface area contributed by atoms with Crippen LogP contribution in [0.5, 0.6) is 0 Å². The van der Waals surface area contributed by atoms with Crippen molar-refractivity contribution in [2.45, 2.75) is 13.0 Å². The van der Waals surface area contributed by atoms with Crippen LogP contribution in [0, 0.1) is 0 Å². The zero-order valence-electron chi connectivity index (χ0n) is 11.4. The summed E-state index contributed by atoms with van der Waals surface area (Å²) in [7, 11) is 1.59. The van der Waals surface area contributed by atoms with E-state index >= 15 is 0 Å².